The number of amides is 1. The molecule has 3 N–H and O–H groups in total. The Kier molecular flexibility index (Phi) is 5.45. The monoisotopic (exact) mass is 390 g/mol. The summed E-state index contributed by atoms with van der Waals surface area (Å²) in [7, 11) is 1.67. The summed E-state index contributed by atoms with van der Waals surface area (Å²) in [6.45, 7) is 3.13. The number of aliphatic hydroxyl groups excluding tert-OH is 2. The quantitative estimate of drug-likeness (QED) is 0.562. The second-order valence-electron chi connectivity index (χ2n) is 6.63. The molecule has 144 valence electrons. The van der Waals surface area contributed by atoms with E-state index in [4.69, 9.17) is 4.74 Å². The fourth-order valence-electron chi connectivity index (χ4n) is 2.61. The van der Waals surface area contributed by atoms with Gasteiger partial charge in [-0.1, -0.05) is 0 Å². The largest absolute Gasteiger partial charge is 0.488 e. The van der Waals surface area contributed by atoms with Crippen LogP contribution in [0.25, 0.3) is 10.9 Å². The molecule has 1 aromatic carbocycles. The zero-order valence-corrected chi connectivity index (χ0v) is 16.2. The zero-order chi connectivity index (χ0) is 19.6. The molecule has 1 amide bonds. The molecule has 0 atom stereocenters. The highest BCUT2D eigenvalue weighted by atomic mass is 32.1. The number of nitrogens with one attached hydrogen (secondary N) is 1. The number of aromatic nitrogens is 3. The number of carbonyl (C=O) groups is 1. The summed E-state index contributed by atoms with van der Waals surface area (Å²) in [4.78, 5) is 18.0. The molecular weight excluding hydrogens is 368 g/mol. The number of carbonyl (C=O) groups excluding carboxylic acids is 1. The van der Waals surface area contributed by atoms with E-state index in [1.807, 2.05) is 6.92 Å². The number of rotatable bonds is 7. The van der Waals surface area contributed by atoms with Gasteiger partial charge in [-0.05, 0) is 32.0 Å². The average Bonchev–Trinajstić information content (AvgIpc) is 3.21. The average molecular weight is 390 g/mol. The summed E-state index contributed by atoms with van der Waals surface area (Å²) >= 11 is 1.53. The van der Waals surface area contributed by atoms with Crippen LogP contribution in [0, 0.1) is 6.92 Å². The molecule has 9 heteroatoms. The first-order valence-electron chi connectivity index (χ1n) is 8.39. The molecule has 27 heavy (non-hydrogen) atoms. The van der Waals surface area contributed by atoms with Crippen LogP contribution in [0.3, 0.4) is 0 Å². The summed E-state index contributed by atoms with van der Waals surface area (Å²) in [6, 6.07) is 5.36. The Morgan fingerprint density at radius 3 is 2.74 bits per heavy atom. The minimum absolute atomic E-state index is 0.331. The van der Waals surface area contributed by atoms with E-state index < -0.39 is 11.4 Å². The maximum atomic E-state index is 12.7. The molecule has 2 heterocycles. The Morgan fingerprint density at radius 1 is 1.37 bits per heavy atom. The van der Waals surface area contributed by atoms with Crippen LogP contribution in [-0.2, 0) is 13.7 Å². The second kappa shape index (κ2) is 7.63. The minimum Gasteiger partial charge on any atom is -0.488 e. The first kappa shape index (κ1) is 19.3. The molecule has 0 saturated carbocycles. The van der Waals surface area contributed by atoms with Crippen molar-refractivity contribution >= 4 is 28.1 Å². The van der Waals surface area contributed by atoms with Crippen LogP contribution in [0.5, 0.6) is 5.75 Å². The highest BCUT2D eigenvalue weighted by Crippen LogP contribution is 2.25. The summed E-state index contributed by atoms with van der Waals surface area (Å²) in [5.41, 5.74) is 2.58. The van der Waals surface area contributed by atoms with Gasteiger partial charge in [0.05, 0.1) is 40.4 Å². The van der Waals surface area contributed by atoms with Gasteiger partial charge < -0.3 is 20.3 Å². The fourth-order valence-corrected chi connectivity index (χ4v) is 3.30. The van der Waals surface area contributed by atoms with E-state index in [1.54, 1.807) is 37.7 Å². The van der Waals surface area contributed by atoms with Gasteiger partial charge in [0.2, 0.25) is 0 Å². The normalized spacial score (nSPS) is 11.7. The predicted octanol–water partition coefficient (Wildman–Crippen LogP) is 1.39. The third-order valence-corrected chi connectivity index (χ3v) is 5.26. The number of fused-ring (bicyclic) bond motifs is 1. The van der Waals surface area contributed by atoms with Crippen molar-refractivity contribution in [3.05, 3.63) is 40.0 Å². The summed E-state index contributed by atoms with van der Waals surface area (Å²) in [5, 5.41) is 26.5. The molecule has 0 radical (unpaired) electrons. The highest BCUT2D eigenvalue weighted by Gasteiger charge is 2.27. The van der Waals surface area contributed by atoms with Crippen LogP contribution in [0.1, 0.15) is 28.0 Å². The first-order chi connectivity index (χ1) is 12.9. The number of thiazole rings is 1. The smallest absolute Gasteiger partial charge is 0.270 e. The molecule has 0 spiro atoms. The van der Waals surface area contributed by atoms with Crippen molar-refractivity contribution < 1.29 is 19.7 Å². The van der Waals surface area contributed by atoms with Gasteiger partial charge in [0.1, 0.15) is 18.1 Å². The van der Waals surface area contributed by atoms with Gasteiger partial charge in [0.25, 0.3) is 5.91 Å². The van der Waals surface area contributed by atoms with E-state index in [-0.39, 0.29) is 13.2 Å². The molecule has 3 aromatic rings. The molecule has 0 saturated heterocycles. The molecule has 0 unspecified atom stereocenters. The van der Waals surface area contributed by atoms with Gasteiger partial charge in [-0.3, -0.25) is 9.48 Å². The number of hydrogen-bond acceptors (Lipinski definition) is 7. The lowest BCUT2D eigenvalue weighted by Gasteiger charge is -2.26. The van der Waals surface area contributed by atoms with Gasteiger partial charge in [0.15, 0.2) is 0 Å². The van der Waals surface area contributed by atoms with Crippen molar-refractivity contribution in [2.24, 2.45) is 7.05 Å². The molecule has 0 aliphatic heterocycles. The lowest BCUT2D eigenvalue weighted by atomic mass is 10.0. The highest BCUT2D eigenvalue weighted by molar-refractivity contribution is 7.09. The molecular formula is C18H22N4O4S. The van der Waals surface area contributed by atoms with E-state index in [0.29, 0.717) is 29.0 Å². The zero-order valence-electron chi connectivity index (χ0n) is 15.4. The number of hydrogen-bond donors (Lipinski definition) is 3. The molecule has 2 aromatic heterocycles. The van der Waals surface area contributed by atoms with Gasteiger partial charge >= 0.3 is 0 Å². The standard InChI is InChI=1S/C18H22N4O4S/c1-11-15(27-10-19-11)7-26-12-4-5-14-13(6-12)16(22(3)21-14)17(25)20-18(2,8-23)9-24/h4-6,10,23-24H,7-9H2,1-3H3,(H,20,25). The predicted molar refractivity (Wildman–Crippen MR) is 102 cm³/mol. The van der Waals surface area contributed by atoms with Crippen LogP contribution < -0.4 is 10.1 Å². The first-order valence-corrected chi connectivity index (χ1v) is 9.27. The number of benzene rings is 1. The summed E-state index contributed by atoms with van der Waals surface area (Å²) < 4.78 is 7.33. The summed E-state index contributed by atoms with van der Waals surface area (Å²) in [5.74, 6) is 0.186. The topological polar surface area (TPSA) is 110 Å². The Morgan fingerprint density at radius 2 is 2.11 bits per heavy atom. The van der Waals surface area contributed by atoms with Gasteiger partial charge in [-0.15, -0.1) is 11.3 Å². The molecule has 0 aliphatic rings. The molecule has 8 nitrogen and oxygen atoms in total. The van der Waals surface area contributed by atoms with Gasteiger partial charge in [-0.2, -0.15) is 5.10 Å². The van der Waals surface area contributed by atoms with Crippen molar-refractivity contribution in [3.63, 3.8) is 0 Å². The Hall–Kier alpha value is -2.49. The van der Waals surface area contributed by atoms with Crippen molar-refractivity contribution in [1.29, 1.82) is 0 Å². The maximum absolute atomic E-state index is 12.7. The van der Waals surface area contributed by atoms with Crippen molar-refractivity contribution in [3.8, 4) is 5.75 Å². The van der Waals surface area contributed by atoms with E-state index in [9.17, 15) is 15.0 Å². The Labute approximate surface area is 160 Å². The van der Waals surface area contributed by atoms with E-state index >= 15 is 0 Å². The SMILES string of the molecule is Cc1ncsc1COc1ccc2nn(C)c(C(=O)NC(C)(CO)CO)c2c1. The molecule has 0 fully saturated rings. The van der Waals surface area contributed by atoms with Crippen LogP contribution in [-0.4, -0.2) is 49.6 Å². The summed E-state index contributed by atoms with van der Waals surface area (Å²) in [6.07, 6.45) is 0. The van der Waals surface area contributed by atoms with Crippen LogP contribution in [0.15, 0.2) is 23.7 Å². The van der Waals surface area contributed by atoms with E-state index in [0.717, 1.165) is 10.6 Å². The molecule has 0 aliphatic carbocycles. The number of nitrogens with zero attached hydrogens (tertiary/aromatic N) is 3. The number of ether oxygens (including phenoxy) is 1. The van der Waals surface area contributed by atoms with Gasteiger partial charge in [0, 0.05) is 12.4 Å². The third kappa shape index (κ3) is 3.95. The van der Waals surface area contributed by atoms with Gasteiger partial charge in [-0.25, -0.2) is 4.98 Å². The molecule has 3 rings (SSSR count). The van der Waals surface area contributed by atoms with Crippen molar-refractivity contribution in [1.82, 2.24) is 20.1 Å². The van der Waals surface area contributed by atoms with E-state index in [1.165, 1.54) is 16.0 Å². The molecule has 0 bridgehead atoms. The third-order valence-electron chi connectivity index (χ3n) is 4.35. The van der Waals surface area contributed by atoms with E-state index in [2.05, 4.69) is 15.4 Å². The Bertz CT molecular complexity index is 962. The number of aliphatic hydroxyl groups is 2. The van der Waals surface area contributed by atoms with Crippen LogP contribution >= 0.6 is 11.3 Å². The van der Waals surface area contributed by atoms with Crippen molar-refractivity contribution in [2.75, 3.05) is 13.2 Å². The fraction of sp³-hybridized carbons (Fsp3) is 0.389. The van der Waals surface area contributed by atoms with Crippen LogP contribution in [0.2, 0.25) is 0 Å². The lowest BCUT2D eigenvalue weighted by molar-refractivity contribution is 0.0717. The van der Waals surface area contributed by atoms with Crippen LogP contribution in [0.4, 0.5) is 0 Å². The lowest BCUT2D eigenvalue weighted by Crippen LogP contribution is -2.52. The van der Waals surface area contributed by atoms with Crippen molar-refractivity contribution in [2.45, 2.75) is 26.0 Å². The second-order valence-corrected chi connectivity index (χ2v) is 7.57. The number of aryl methyl sites for hydroxylation is 2. The maximum Gasteiger partial charge on any atom is 0.270 e. The Balaban J connectivity index is 1.88. The minimum atomic E-state index is -1.12.